The SMILES string of the molecule is O=c1cc(CSc2nc3ccccc3s2)c2c(ccc3ccccc32)o1. The highest BCUT2D eigenvalue weighted by atomic mass is 32.2. The molecule has 0 saturated carbocycles. The van der Waals surface area contributed by atoms with Gasteiger partial charge in [0.15, 0.2) is 4.34 Å². The standard InChI is InChI=1S/C21H13NO2S2/c23-19-11-14(12-25-21-22-16-7-3-4-8-18(16)26-21)20-15-6-2-1-5-13(15)9-10-17(20)24-19/h1-11H,12H2. The summed E-state index contributed by atoms with van der Waals surface area (Å²) in [5, 5.41) is 3.25. The van der Waals surface area contributed by atoms with Crippen molar-refractivity contribution in [1.29, 1.82) is 0 Å². The number of hydrogen-bond acceptors (Lipinski definition) is 5. The molecule has 5 rings (SSSR count). The molecule has 0 amide bonds. The van der Waals surface area contributed by atoms with Crippen molar-refractivity contribution in [3.05, 3.63) is 82.7 Å². The Morgan fingerprint density at radius 1 is 1.00 bits per heavy atom. The van der Waals surface area contributed by atoms with Crippen LogP contribution in [0.2, 0.25) is 0 Å². The number of rotatable bonds is 3. The van der Waals surface area contributed by atoms with E-state index in [2.05, 4.69) is 23.2 Å². The van der Waals surface area contributed by atoms with Crippen molar-refractivity contribution in [3.8, 4) is 0 Å². The van der Waals surface area contributed by atoms with Gasteiger partial charge in [0.05, 0.1) is 10.2 Å². The molecule has 0 spiro atoms. The van der Waals surface area contributed by atoms with E-state index in [4.69, 9.17) is 4.42 Å². The van der Waals surface area contributed by atoms with Crippen LogP contribution < -0.4 is 5.63 Å². The highest BCUT2D eigenvalue weighted by molar-refractivity contribution is 8.00. The average molecular weight is 375 g/mol. The Balaban J connectivity index is 1.61. The van der Waals surface area contributed by atoms with Crippen molar-refractivity contribution in [2.45, 2.75) is 10.1 Å². The van der Waals surface area contributed by atoms with Crippen LogP contribution in [0.5, 0.6) is 0 Å². The number of nitrogens with zero attached hydrogens (tertiary/aromatic N) is 1. The number of fused-ring (bicyclic) bond motifs is 4. The van der Waals surface area contributed by atoms with E-state index in [0.717, 1.165) is 31.6 Å². The summed E-state index contributed by atoms with van der Waals surface area (Å²) in [6.45, 7) is 0. The molecule has 0 radical (unpaired) electrons. The van der Waals surface area contributed by atoms with Crippen molar-refractivity contribution in [2.24, 2.45) is 0 Å². The molecule has 0 aliphatic rings. The van der Waals surface area contributed by atoms with Gasteiger partial charge in [0.25, 0.3) is 0 Å². The quantitative estimate of drug-likeness (QED) is 0.225. The minimum Gasteiger partial charge on any atom is -0.423 e. The Morgan fingerprint density at radius 2 is 1.85 bits per heavy atom. The first kappa shape index (κ1) is 15.6. The fourth-order valence-electron chi connectivity index (χ4n) is 3.19. The second-order valence-electron chi connectivity index (χ2n) is 5.99. The van der Waals surface area contributed by atoms with Gasteiger partial charge in [0.1, 0.15) is 5.58 Å². The van der Waals surface area contributed by atoms with Crippen LogP contribution in [-0.4, -0.2) is 4.98 Å². The maximum absolute atomic E-state index is 12.0. The fourth-order valence-corrected chi connectivity index (χ4v) is 5.23. The van der Waals surface area contributed by atoms with Crippen LogP contribution in [0, 0.1) is 0 Å². The molecule has 0 unspecified atom stereocenters. The lowest BCUT2D eigenvalue weighted by Crippen LogP contribution is -2.00. The first-order valence-corrected chi connectivity index (χ1v) is 10.0. The highest BCUT2D eigenvalue weighted by Gasteiger charge is 2.11. The first-order chi connectivity index (χ1) is 12.8. The van der Waals surface area contributed by atoms with Crippen molar-refractivity contribution < 1.29 is 4.42 Å². The Kier molecular flexibility index (Phi) is 3.76. The van der Waals surface area contributed by atoms with Gasteiger partial charge in [-0.25, -0.2) is 9.78 Å². The summed E-state index contributed by atoms with van der Waals surface area (Å²) in [4.78, 5) is 16.7. The molecular weight excluding hydrogens is 362 g/mol. The van der Waals surface area contributed by atoms with Crippen LogP contribution in [-0.2, 0) is 5.75 Å². The molecule has 0 bridgehead atoms. The molecule has 126 valence electrons. The monoisotopic (exact) mass is 375 g/mol. The smallest absolute Gasteiger partial charge is 0.336 e. The minimum absolute atomic E-state index is 0.312. The van der Waals surface area contributed by atoms with Gasteiger partial charge >= 0.3 is 5.63 Å². The van der Waals surface area contributed by atoms with Gasteiger partial charge in [-0.1, -0.05) is 54.2 Å². The fraction of sp³-hybridized carbons (Fsp3) is 0.0476. The molecule has 0 saturated heterocycles. The van der Waals surface area contributed by atoms with Gasteiger partial charge in [-0.2, -0.15) is 0 Å². The van der Waals surface area contributed by atoms with E-state index in [-0.39, 0.29) is 5.63 Å². The van der Waals surface area contributed by atoms with Gasteiger partial charge in [-0.05, 0) is 34.5 Å². The Bertz CT molecular complexity index is 1290. The maximum atomic E-state index is 12.0. The summed E-state index contributed by atoms with van der Waals surface area (Å²) in [5.41, 5.74) is 2.32. The summed E-state index contributed by atoms with van der Waals surface area (Å²) < 4.78 is 7.62. The largest absolute Gasteiger partial charge is 0.423 e. The van der Waals surface area contributed by atoms with Crippen molar-refractivity contribution >= 4 is 55.1 Å². The van der Waals surface area contributed by atoms with E-state index in [1.165, 1.54) is 4.70 Å². The number of thiazole rings is 1. The Morgan fingerprint density at radius 3 is 2.77 bits per heavy atom. The predicted molar refractivity (Wildman–Crippen MR) is 109 cm³/mol. The zero-order chi connectivity index (χ0) is 17.5. The van der Waals surface area contributed by atoms with Gasteiger partial charge in [0.2, 0.25) is 0 Å². The van der Waals surface area contributed by atoms with E-state index < -0.39 is 0 Å². The number of aromatic nitrogens is 1. The molecule has 5 aromatic rings. The van der Waals surface area contributed by atoms with Gasteiger partial charge in [0, 0.05) is 17.2 Å². The van der Waals surface area contributed by atoms with Crippen LogP contribution in [0.1, 0.15) is 5.56 Å². The molecular formula is C21H13NO2S2. The summed E-state index contributed by atoms with van der Waals surface area (Å²) in [6, 6.07) is 21.8. The molecule has 3 nitrogen and oxygen atoms in total. The molecule has 2 aromatic heterocycles. The van der Waals surface area contributed by atoms with Crippen molar-refractivity contribution in [2.75, 3.05) is 0 Å². The second-order valence-corrected chi connectivity index (χ2v) is 8.24. The maximum Gasteiger partial charge on any atom is 0.336 e. The third-order valence-electron chi connectivity index (χ3n) is 4.34. The number of para-hydroxylation sites is 1. The van der Waals surface area contributed by atoms with Crippen LogP contribution in [0.15, 0.2) is 80.3 Å². The normalized spacial score (nSPS) is 11.5. The van der Waals surface area contributed by atoms with Crippen molar-refractivity contribution in [1.82, 2.24) is 4.98 Å². The molecule has 2 heterocycles. The van der Waals surface area contributed by atoms with E-state index in [1.807, 2.05) is 42.5 Å². The van der Waals surface area contributed by atoms with Gasteiger partial charge in [-0.15, -0.1) is 11.3 Å². The second kappa shape index (κ2) is 6.27. The summed E-state index contributed by atoms with van der Waals surface area (Å²) in [6.07, 6.45) is 0. The van der Waals surface area contributed by atoms with E-state index in [1.54, 1.807) is 29.2 Å². The first-order valence-electron chi connectivity index (χ1n) is 8.21. The van der Waals surface area contributed by atoms with Gasteiger partial charge in [-0.3, -0.25) is 0 Å². The van der Waals surface area contributed by atoms with E-state index in [9.17, 15) is 4.79 Å². The van der Waals surface area contributed by atoms with Crippen LogP contribution in [0.4, 0.5) is 0 Å². The number of hydrogen-bond donors (Lipinski definition) is 0. The number of benzene rings is 3. The minimum atomic E-state index is -0.312. The van der Waals surface area contributed by atoms with Gasteiger partial charge < -0.3 is 4.42 Å². The van der Waals surface area contributed by atoms with E-state index in [0.29, 0.717) is 11.3 Å². The van der Waals surface area contributed by atoms with E-state index >= 15 is 0 Å². The molecule has 0 atom stereocenters. The Hall–Kier alpha value is -2.63. The summed E-state index contributed by atoms with van der Waals surface area (Å²) in [5.74, 6) is 0.677. The molecule has 5 heteroatoms. The topological polar surface area (TPSA) is 43.1 Å². The predicted octanol–water partition coefficient (Wildman–Crippen LogP) is 5.85. The molecule has 0 fully saturated rings. The molecule has 26 heavy (non-hydrogen) atoms. The summed E-state index contributed by atoms with van der Waals surface area (Å²) in [7, 11) is 0. The lowest BCUT2D eigenvalue weighted by molar-refractivity contribution is 0.560. The highest BCUT2D eigenvalue weighted by Crippen LogP contribution is 2.34. The molecule has 0 aliphatic heterocycles. The van der Waals surface area contributed by atoms with Crippen molar-refractivity contribution in [3.63, 3.8) is 0 Å². The average Bonchev–Trinajstić information content (AvgIpc) is 3.08. The zero-order valence-corrected chi connectivity index (χ0v) is 15.3. The van der Waals surface area contributed by atoms with Crippen LogP contribution >= 0.6 is 23.1 Å². The summed E-state index contributed by atoms with van der Waals surface area (Å²) >= 11 is 3.34. The Labute approximate surface area is 157 Å². The molecule has 3 aromatic carbocycles. The molecule has 0 N–H and O–H groups in total. The lowest BCUT2D eigenvalue weighted by Gasteiger charge is -2.07. The molecule has 0 aliphatic carbocycles. The third kappa shape index (κ3) is 2.69. The number of thioether (sulfide) groups is 1. The van der Waals surface area contributed by atoms with Crippen LogP contribution in [0.3, 0.4) is 0 Å². The zero-order valence-electron chi connectivity index (χ0n) is 13.6. The van der Waals surface area contributed by atoms with Crippen LogP contribution in [0.25, 0.3) is 32.0 Å². The lowest BCUT2D eigenvalue weighted by atomic mass is 10.0. The third-order valence-corrected chi connectivity index (χ3v) is 6.57.